The van der Waals surface area contributed by atoms with Gasteiger partial charge in [0.15, 0.2) is 0 Å². The van der Waals surface area contributed by atoms with Crippen molar-refractivity contribution >= 4 is 5.97 Å². The Morgan fingerprint density at radius 2 is 1.95 bits per heavy atom. The number of ether oxygens (including phenoxy) is 1. The molecule has 0 spiro atoms. The van der Waals surface area contributed by atoms with Crippen molar-refractivity contribution in [1.29, 1.82) is 0 Å². The summed E-state index contributed by atoms with van der Waals surface area (Å²) in [5, 5.41) is 3.32. The lowest BCUT2D eigenvalue weighted by molar-refractivity contribution is -0.149. The van der Waals surface area contributed by atoms with E-state index in [-0.39, 0.29) is 5.97 Å². The summed E-state index contributed by atoms with van der Waals surface area (Å²) in [5.41, 5.74) is -0.592. The Balaban J connectivity index is 2.73. The molecule has 0 aliphatic heterocycles. The van der Waals surface area contributed by atoms with Crippen molar-refractivity contribution in [3.8, 4) is 0 Å². The molecule has 1 saturated carbocycles. The number of carbonyl (C=O) groups excluding carboxylic acids is 1. The molecule has 1 rings (SSSR count). The van der Waals surface area contributed by atoms with Crippen LogP contribution in [0.25, 0.3) is 0 Å². The van der Waals surface area contributed by atoms with Crippen LogP contribution in [0.4, 0.5) is 0 Å². The van der Waals surface area contributed by atoms with Crippen LogP contribution in [0.3, 0.4) is 0 Å². The van der Waals surface area contributed by atoms with Gasteiger partial charge in [-0.05, 0) is 46.2 Å². The fourth-order valence-electron chi connectivity index (χ4n) is 3.89. The van der Waals surface area contributed by atoms with Crippen LogP contribution < -0.4 is 5.32 Å². The summed E-state index contributed by atoms with van der Waals surface area (Å²) in [6.45, 7) is 10.3. The van der Waals surface area contributed by atoms with E-state index in [0.29, 0.717) is 12.1 Å². The van der Waals surface area contributed by atoms with E-state index in [1.54, 1.807) is 0 Å². The van der Waals surface area contributed by atoms with E-state index < -0.39 is 5.54 Å². The Bertz CT molecular complexity index is 316. The average molecular weight is 298 g/mol. The van der Waals surface area contributed by atoms with Crippen LogP contribution in [0.15, 0.2) is 0 Å². The smallest absolute Gasteiger partial charge is 0.325 e. The summed E-state index contributed by atoms with van der Waals surface area (Å²) in [7, 11) is 1.47. The van der Waals surface area contributed by atoms with Gasteiger partial charge in [0, 0.05) is 12.1 Å². The van der Waals surface area contributed by atoms with Gasteiger partial charge in [-0.1, -0.05) is 33.1 Å². The van der Waals surface area contributed by atoms with E-state index >= 15 is 0 Å². The van der Waals surface area contributed by atoms with Crippen LogP contribution in [0.1, 0.15) is 66.2 Å². The summed E-state index contributed by atoms with van der Waals surface area (Å²) in [5.74, 6) is -0.157. The molecular formula is C17H34N2O2. The van der Waals surface area contributed by atoms with Crippen molar-refractivity contribution in [2.75, 3.05) is 20.2 Å². The van der Waals surface area contributed by atoms with Crippen molar-refractivity contribution < 1.29 is 9.53 Å². The molecule has 0 saturated heterocycles. The standard InChI is InChI=1S/C17H34N2O2/c1-6-18-17(4,16(20)21-5)13-14(3)19(7-2)15-11-9-8-10-12-15/h14-15,18H,6-13H2,1-5H3. The second-order valence-corrected chi connectivity index (χ2v) is 6.53. The van der Waals surface area contributed by atoms with Gasteiger partial charge >= 0.3 is 5.97 Å². The molecule has 1 fully saturated rings. The van der Waals surface area contributed by atoms with Gasteiger partial charge in [-0.2, -0.15) is 0 Å². The van der Waals surface area contributed by atoms with Crippen molar-refractivity contribution in [3.05, 3.63) is 0 Å². The molecule has 2 atom stereocenters. The van der Waals surface area contributed by atoms with E-state index in [9.17, 15) is 4.79 Å². The number of nitrogens with zero attached hydrogens (tertiary/aromatic N) is 1. The monoisotopic (exact) mass is 298 g/mol. The summed E-state index contributed by atoms with van der Waals surface area (Å²) >= 11 is 0. The number of carbonyl (C=O) groups is 1. The van der Waals surface area contributed by atoms with Crippen LogP contribution in [0.5, 0.6) is 0 Å². The molecule has 0 heterocycles. The molecule has 1 N–H and O–H groups in total. The largest absolute Gasteiger partial charge is 0.468 e. The van der Waals surface area contributed by atoms with E-state index in [0.717, 1.165) is 19.5 Å². The number of hydrogen-bond donors (Lipinski definition) is 1. The number of esters is 1. The number of rotatable bonds is 8. The molecule has 1 aliphatic rings. The first-order valence-corrected chi connectivity index (χ1v) is 8.57. The molecule has 0 bridgehead atoms. The van der Waals surface area contributed by atoms with Crippen LogP contribution in [-0.2, 0) is 9.53 Å². The molecular weight excluding hydrogens is 264 g/mol. The molecule has 4 heteroatoms. The van der Waals surface area contributed by atoms with E-state index in [2.05, 4.69) is 24.1 Å². The Morgan fingerprint density at radius 1 is 1.33 bits per heavy atom. The molecule has 0 aromatic rings. The van der Waals surface area contributed by atoms with Gasteiger partial charge < -0.3 is 10.1 Å². The highest BCUT2D eigenvalue weighted by molar-refractivity contribution is 5.80. The first kappa shape index (κ1) is 18.4. The highest BCUT2D eigenvalue weighted by Crippen LogP contribution is 2.27. The third kappa shape index (κ3) is 4.96. The van der Waals surface area contributed by atoms with Crippen molar-refractivity contribution in [3.63, 3.8) is 0 Å². The van der Waals surface area contributed by atoms with Gasteiger partial charge in [0.05, 0.1) is 7.11 Å². The van der Waals surface area contributed by atoms with E-state index in [4.69, 9.17) is 4.74 Å². The van der Waals surface area contributed by atoms with Gasteiger partial charge in [0.2, 0.25) is 0 Å². The quantitative estimate of drug-likeness (QED) is 0.700. The highest BCUT2D eigenvalue weighted by atomic mass is 16.5. The zero-order valence-electron chi connectivity index (χ0n) is 14.6. The summed E-state index contributed by atoms with van der Waals surface area (Å²) in [6.07, 6.45) is 7.45. The summed E-state index contributed by atoms with van der Waals surface area (Å²) < 4.78 is 5.01. The lowest BCUT2D eigenvalue weighted by Gasteiger charge is -2.41. The zero-order valence-corrected chi connectivity index (χ0v) is 14.6. The van der Waals surface area contributed by atoms with E-state index in [1.807, 2.05) is 13.8 Å². The molecule has 2 unspecified atom stereocenters. The SMILES string of the molecule is CCNC(C)(CC(C)N(CC)C1CCCCC1)C(=O)OC. The molecule has 0 aromatic heterocycles. The average Bonchev–Trinajstić information content (AvgIpc) is 2.48. The third-order valence-corrected chi connectivity index (χ3v) is 4.88. The Labute approximate surface area is 130 Å². The topological polar surface area (TPSA) is 41.6 Å². The zero-order chi connectivity index (χ0) is 15.9. The Kier molecular flexibility index (Phi) is 7.67. The lowest BCUT2D eigenvalue weighted by Crippen LogP contribution is -2.55. The molecule has 1 aliphatic carbocycles. The minimum absolute atomic E-state index is 0.157. The summed E-state index contributed by atoms with van der Waals surface area (Å²) in [4.78, 5) is 14.7. The Hall–Kier alpha value is -0.610. The van der Waals surface area contributed by atoms with Gasteiger partial charge in [0.1, 0.15) is 5.54 Å². The first-order chi connectivity index (χ1) is 9.98. The second-order valence-electron chi connectivity index (χ2n) is 6.53. The molecule has 0 aromatic carbocycles. The lowest BCUT2D eigenvalue weighted by atomic mass is 9.89. The fourth-order valence-corrected chi connectivity index (χ4v) is 3.89. The highest BCUT2D eigenvalue weighted by Gasteiger charge is 2.37. The van der Waals surface area contributed by atoms with E-state index in [1.165, 1.54) is 39.2 Å². The molecule has 124 valence electrons. The van der Waals surface area contributed by atoms with Gasteiger partial charge in [0.25, 0.3) is 0 Å². The number of hydrogen-bond acceptors (Lipinski definition) is 4. The van der Waals surface area contributed by atoms with Crippen LogP contribution in [0.2, 0.25) is 0 Å². The number of nitrogens with one attached hydrogen (secondary N) is 1. The maximum Gasteiger partial charge on any atom is 0.325 e. The first-order valence-electron chi connectivity index (χ1n) is 8.57. The van der Waals surface area contributed by atoms with Crippen LogP contribution >= 0.6 is 0 Å². The maximum atomic E-state index is 12.1. The van der Waals surface area contributed by atoms with Crippen molar-refractivity contribution in [2.24, 2.45) is 0 Å². The predicted molar refractivity (Wildman–Crippen MR) is 87.4 cm³/mol. The van der Waals surface area contributed by atoms with Crippen LogP contribution in [0, 0.1) is 0 Å². The van der Waals surface area contributed by atoms with Crippen molar-refractivity contribution in [1.82, 2.24) is 10.2 Å². The Morgan fingerprint density at radius 3 is 2.43 bits per heavy atom. The maximum absolute atomic E-state index is 12.1. The van der Waals surface area contributed by atoms with Crippen LogP contribution in [-0.4, -0.2) is 48.7 Å². The molecule has 4 nitrogen and oxygen atoms in total. The number of likely N-dealkylation sites (N-methyl/N-ethyl adjacent to an activating group) is 1. The molecule has 0 amide bonds. The normalized spacial score (nSPS) is 21.0. The fraction of sp³-hybridized carbons (Fsp3) is 0.941. The minimum Gasteiger partial charge on any atom is -0.468 e. The third-order valence-electron chi connectivity index (χ3n) is 4.88. The number of methoxy groups -OCH3 is 1. The van der Waals surface area contributed by atoms with Crippen molar-refractivity contribution in [2.45, 2.75) is 83.8 Å². The minimum atomic E-state index is -0.592. The van der Waals surface area contributed by atoms with Gasteiger partial charge in [-0.3, -0.25) is 9.69 Å². The summed E-state index contributed by atoms with van der Waals surface area (Å²) in [6, 6.07) is 1.06. The molecule has 0 radical (unpaired) electrons. The second kappa shape index (κ2) is 8.74. The van der Waals surface area contributed by atoms with Gasteiger partial charge in [-0.15, -0.1) is 0 Å². The predicted octanol–water partition coefficient (Wildman–Crippen LogP) is 2.96. The molecule has 21 heavy (non-hydrogen) atoms. The van der Waals surface area contributed by atoms with Gasteiger partial charge in [-0.25, -0.2) is 0 Å².